The summed E-state index contributed by atoms with van der Waals surface area (Å²) in [7, 11) is 1.58. The maximum absolute atomic E-state index is 14.5. The van der Waals surface area contributed by atoms with E-state index in [1.165, 1.54) is 16.2 Å². The van der Waals surface area contributed by atoms with E-state index in [2.05, 4.69) is 16.0 Å². The largest absolute Gasteiger partial charge is 0.497 e. The van der Waals surface area contributed by atoms with Crippen LogP contribution in [0.1, 0.15) is 84.5 Å². The number of ether oxygens (including phenoxy) is 3. The lowest BCUT2D eigenvalue weighted by atomic mass is 10.0. The van der Waals surface area contributed by atoms with E-state index in [-0.39, 0.29) is 37.5 Å². The molecule has 5 atom stereocenters. The number of anilines is 1. The lowest BCUT2D eigenvalue weighted by Crippen LogP contribution is -2.56. The highest BCUT2D eigenvalue weighted by molar-refractivity contribution is 7.14. The van der Waals surface area contributed by atoms with Gasteiger partial charge in [0, 0.05) is 41.3 Å². The molecule has 4 heterocycles. The number of nitrogens with zero attached hydrogens (tertiary/aromatic N) is 3. The summed E-state index contributed by atoms with van der Waals surface area (Å²) in [5.74, 6) is -1.37. The number of methoxy groups -OCH3 is 1. The second kappa shape index (κ2) is 16.4. The normalized spacial score (nSPS) is 26.7. The van der Waals surface area contributed by atoms with E-state index in [4.69, 9.17) is 24.2 Å². The molecule has 4 aliphatic rings. The highest BCUT2D eigenvalue weighted by Gasteiger charge is 2.61. The Morgan fingerprint density at radius 1 is 1.04 bits per heavy atom. The number of hydrogen-bond donors (Lipinski definition) is 4. The molecule has 0 bridgehead atoms. The van der Waals surface area contributed by atoms with Gasteiger partial charge in [0.2, 0.25) is 11.8 Å². The first-order valence-electron chi connectivity index (χ1n) is 19.4. The van der Waals surface area contributed by atoms with Crippen molar-refractivity contribution in [3.8, 4) is 22.9 Å². The third-order valence-corrected chi connectivity index (χ3v) is 11.7. The van der Waals surface area contributed by atoms with E-state index in [0.29, 0.717) is 46.6 Å². The van der Waals surface area contributed by atoms with Gasteiger partial charge in [0.15, 0.2) is 5.13 Å². The SMILES string of the molecule is COc1ccc2c(O[C@@H]3CC4C(=O)N[C@]5(C(=O)O)C[C@@H]5/C=C\CCCCC[C@H](NC(=O)OC5CCCC5)C(=O)N4C3)cc(-c3csc(NC(C)C)n3)nc2c1. The molecule has 4 N–H and O–H groups in total. The number of alkyl carbamates (subject to hydrolysis) is 1. The summed E-state index contributed by atoms with van der Waals surface area (Å²) >= 11 is 1.47. The van der Waals surface area contributed by atoms with Crippen LogP contribution < -0.4 is 25.4 Å². The van der Waals surface area contributed by atoms with Gasteiger partial charge in [-0.3, -0.25) is 9.59 Å². The maximum Gasteiger partial charge on any atom is 0.408 e. The van der Waals surface area contributed by atoms with Gasteiger partial charge < -0.3 is 40.2 Å². The number of benzene rings is 1. The molecule has 3 amide bonds. The number of carboxylic acid groups (broad SMARTS) is 1. The number of allylic oxidation sites excluding steroid dienone is 1. The predicted molar refractivity (Wildman–Crippen MR) is 207 cm³/mol. The van der Waals surface area contributed by atoms with Crippen molar-refractivity contribution in [2.75, 3.05) is 19.0 Å². The fourth-order valence-electron chi connectivity index (χ4n) is 7.90. The Bertz CT molecular complexity index is 1940. The Kier molecular flexibility index (Phi) is 11.5. The molecule has 2 saturated carbocycles. The van der Waals surface area contributed by atoms with Crippen LogP contribution in [0, 0.1) is 5.92 Å². The van der Waals surface area contributed by atoms with Crippen LogP contribution in [0.15, 0.2) is 41.8 Å². The topological polar surface area (TPSA) is 181 Å². The number of nitrogens with one attached hydrogen (secondary N) is 3. The van der Waals surface area contributed by atoms with Crippen LogP contribution in [-0.4, -0.2) is 93.4 Å². The van der Waals surface area contributed by atoms with Crippen molar-refractivity contribution >= 4 is 51.2 Å². The van der Waals surface area contributed by atoms with Gasteiger partial charge in [-0.05, 0) is 77.3 Å². The third-order valence-electron chi connectivity index (χ3n) is 10.9. The number of aliphatic carboxylic acids is 1. The number of aromatic nitrogens is 2. The molecule has 0 radical (unpaired) electrons. The molecule has 15 heteroatoms. The van der Waals surface area contributed by atoms with Gasteiger partial charge in [-0.1, -0.05) is 25.0 Å². The maximum atomic E-state index is 14.5. The van der Waals surface area contributed by atoms with E-state index in [1.54, 1.807) is 7.11 Å². The Morgan fingerprint density at radius 2 is 1.84 bits per heavy atom. The molecule has 14 nitrogen and oxygen atoms in total. The predicted octanol–water partition coefficient (Wildman–Crippen LogP) is 6.05. The van der Waals surface area contributed by atoms with Crippen molar-refractivity contribution < 1.29 is 38.5 Å². The van der Waals surface area contributed by atoms with Crippen LogP contribution in [0.2, 0.25) is 0 Å². The van der Waals surface area contributed by atoms with Gasteiger partial charge in [0.25, 0.3) is 0 Å². The molecular weight excluding hydrogens is 725 g/mol. The summed E-state index contributed by atoms with van der Waals surface area (Å²) in [4.78, 5) is 65.5. The zero-order valence-electron chi connectivity index (χ0n) is 31.5. The number of thiazole rings is 1. The lowest BCUT2D eigenvalue weighted by Gasteiger charge is -2.29. The first-order chi connectivity index (χ1) is 26.5. The molecule has 2 aliphatic carbocycles. The molecule has 3 fully saturated rings. The number of pyridine rings is 1. The minimum absolute atomic E-state index is 0.0324. The van der Waals surface area contributed by atoms with Crippen LogP contribution in [-0.2, 0) is 19.1 Å². The Balaban J connectivity index is 1.20. The molecule has 3 aromatic rings. The Morgan fingerprint density at radius 3 is 2.60 bits per heavy atom. The lowest BCUT2D eigenvalue weighted by molar-refractivity contribution is -0.145. The average Bonchev–Trinajstić information content (AvgIpc) is 3.58. The summed E-state index contributed by atoms with van der Waals surface area (Å²) in [6.07, 6.45) is 9.71. The number of hydrogen-bond acceptors (Lipinski definition) is 11. The van der Waals surface area contributed by atoms with Crippen molar-refractivity contribution in [3.63, 3.8) is 0 Å². The molecule has 2 aromatic heterocycles. The molecule has 55 heavy (non-hydrogen) atoms. The first kappa shape index (κ1) is 38.4. The third kappa shape index (κ3) is 8.66. The van der Waals surface area contributed by atoms with E-state index in [9.17, 15) is 24.3 Å². The second-order valence-corrected chi connectivity index (χ2v) is 16.2. The van der Waals surface area contributed by atoms with Gasteiger partial charge in [-0.25, -0.2) is 19.6 Å². The summed E-state index contributed by atoms with van der Waals surface area (Å²) in [6, 6.07) is 5.50. The van der Waals surface area contributed by atoms with E-state index in [0.717, 1.165) is 50.1 Å². The second-order valence-electron chi connectivity index (χ2n) is 15.4. The molecule has 7 rings (SSSR count). The highest BCUT2D eigenvalue weighted by Crippen LogP contribution is 2.45. The van der Waals surface area contributed by atoms with Crippen molar-refractivity contribution in [2.24, 2.45) is 5.92 Å². The summed E-state index contributed by atoms with van der Waals surface area (Å²) < 4.78 is 17.9. The number of carboxylic acids is 1. The van der Waals surface area contributed by atoms with Crippen LogP contribution in [0.4, 0.5) is 9.93 Å². The van der Waals surface area contributed by atoms with E-state index in [1.807, 2.05) is 55.6 Å². The molecule has 2 aliphatic heterocycles. The summed E-state index contributed by atoms with van der Waals surface area (Å²) in [6.45, 7) is 4.11. The quantitative estimate of drug-likeness (QED) is 0.186. The van der Waals surface area contributed by atoms with Gasteiger partial charge >= 0.3 is 12.1 Å². The average molecular weight is 775 g/mol. The van der Waals surface area contributed by atoms with Gasteiger partial charge in [0.05, 0.1) is 24.9 Å². The van der Waals surface area contributed by atoms with Crippen molar-refractivity contribution in [1.29, 1.82) is 0 Å². The standard InChI is InChI=1S/C40H50N6O8S/c1-23(2)41-38-43-32(22-55-38)31-19-34(28-16-15-26(52-3)17-30(28)42-31)53-27-18-33-35(47)45-40(37(49)50)20-24(40)11-7-5-4-6-8-14-29(36(48)46(33)21-27)44-39(51)54-25-12-9-10-13-25/h7,11,15-17,19,22-25,27,29,33H,4-6,8-10,12-14,18,20-21H2,1-3H3,(H,41,43)(H,44,51)(H,45,47)(H,49,50)/b11-7-/t24-,27+,29-,33?,40+/m0/s1. The summed E-state index contributed by atoms with van der Waals surface area (Å²) in [5, 5.41) is 22.6. The number of rotatable bonds is 9. The zero-order chi connectivity index (χ0) is 38.7. The molecule has 1 aromatic carbocycles. The van der Waals surface area contributed by atoms with Crippen molar-refractivity contribution in [2.45, 2.75) is 120 Å². The molecule has 1 unspecified atom stereocenters. The molecule has 1 saturated heterocycles. The van der Waals surface area contributed by atoms with Gasteiger partial charge in [-0.2, -0.15) is 0 Å². The first-order valence-corrected chi connectivity index (χ1v) is 20.3. The molecular formula is C40H50N6O8S. The van der Waals surface area contributed by atoms with Gasteiger partial charge in [0.1, 0.15) is 47.0 Å². The summed E-state index contributed by atoms with van der Waals surface area (Å²) in [5.41, 5.74) is 0.394. The van der Waals surface area contributed by atoms with Crippen LogP contribution >= 0.6 is 11.3 Å². The van der Waals surface area contributed by atoms with Gasteiger partial charge in [-0.15, -0.1) is 11.3 Å². The molecule has 294 valence electrons. The Labute approximate surface area is 324 Å². The van der Waals surface area contributed by atoms with Crippen LogP contribution in [0.3, 0.4) is 0 Å². The van der Waals surface area contributed by atoms with E-state index >= 15 is 0 Å². The van der Waals surface area contributed by atoms with Crippen LogP contribution in [0.5, 0.6) is 11.5 Å². The minimum Gasteiger partial charge on any atom is -0.497 e. The smallest absolute Gasteiger partial charge is 0.408 e. The number of fused-ring (bicyclic) bond motifs is 3. The monoisotopic (exact) mass is 774 g/mol. The minimum atomic E-state index is -1.45. The highest BCUT2D eigenvalue weighted by atomic mass is 32.1. The number of amides is 3. The fraction of sp³-hybridized carbons (Fsp3) is 0.550. The molecule has 0 spiro atoms. The number of carbonyl (C=O) groups excluding carboxylic acids is 3. The van der Waals surface area contributed by atoms with Crippen molar-refractivity contribution in [3.05, 3.63) is 41.8 Å². The number of carbonyl (C=O) groups is 4. The fourth-order valence-corrected chi connectivity index (χ4v) is 8.75. The zero-order valence-corrected chi connectivity index (χ0v) is 32.4. The van der Waals surface area contributed by atoms with Crippen molar-refractivity contribution in [1.82, 2.24) is 25.5 Å². The van der Waals surface area contributed by atoms with Crippen LogP contribution in [0.25, 0.3) is 22.3 Å². The van der Waals surface area contributed by atoms with E-state index < -0.39 is 47.6 Å². The Hall–Kier alpha value is -4.92.